The molecular weight excluding hydrogens is 392 g/mol. The minimum Gasteiger partial charge on any atom is -0.497 e. The first-order valence-corrected chi connectivity index (χ1v) is 8.91. The van der Waals surface area contributed by atoms with Gasteiger partial charge in [-0.1, -0.05) is 0 Å². The molecule has 156 valence electrons. The van der Waals surface area contributed by atoms with E-state index < -0.39 is 23.6 Å². The lowest BCUT2D eigenvalue weighted by molar-refractivity contribution is -0.139. The summed E-state index contributed by atoms with van der Waals surface area (Å²) in [5.74, 6) is -0.238. The third kappa shape index (κ3) is 4.38. The van der Waals surface area contributed by atoms with Crippen LogP contribution in [0.2, 0.25) is 0 Å². The maximum atomic E-state index is 13.5. The molecular formula is C20H20F4N2O3. The number of carbonyl (C=O) groups excluding carboxylic acids is 1. The van der Waals surface area contributed by atoms with Gasteiger partial charge in [0.05, 0.1) is 25.8 Å². The van der Waals surface area contributed by atoms with Gasteiger partial charge in [0.1, 0.15) is 17.3 Å². The van der Waals surface area contributed by atoms with Crippen molar-refractivity contribution in [1.82, 2.24) is 4.90 Å². The molecule has 2 amide bonds. The van der Waals surface area contributed by atoms with E-state index in [1.54, 1.807) is 18.2 Å². The number of nitrogens with one attached hydrogen (secondary N) is 1. The van der Waals surface area contributed by atoms with Gasteiger partial charge in [-0.25, -0.2) is 9.18 Å². The van der Waals surface area contributed by atoms with Gasteiger partial charge in [-0.05, 0) is 43.2 Å². The molecule has 1 unspecified atom stereocenters. The quantitative estimate of drug-likeness (QED) is 0.700. The molecule has 9 heteroatoms. The number of hydrogen-bond acceptors (Lipinski definition) is 3. The zero-order chi connectivity index (χ0) is 21.2. The zero-order valence-corrected chi connectivity index (χ0v) is 15.8. The highest BCUT2D eigenvalue weighted by Crippen LogP contribution is 2.39. The molecule has 1 atom stereocenters. The summed E-state index contributed by atoms with van der Waals surface area (Å²) < 4.78 is 62.8. The van der Waals surface area contributed by atoms with Crippen molar-refractivity contribution in [2.45, 2.75) is 25.1 Å². The van der Waals surface area contributed by atoms with Gasteiger partial charge in [0.15, 0.2) is 0 Å². The van der Waals surface area contributed by atoms with Gasteiger partial charge in [0, 0.05) is 23.9 Å². The van der Waals surface area contributed by atoms with E-state index in [4.69, 9.17) is 9.47 Å². The van der Waals surface area contributed by atoms with Crippen LogP contribution in [0, 0.1) is 5.82 Å². The van der Waals surface area contributed by atoms with E-state index >= 15 is 0 Å². The van der Waals surface area contributed by atoms with Crippen LogP contribution < -0.4 is 14.8 Å². The summed E-state index contributed by atoms with van der Waals surface area (Å²) >= 11 is 0. The van der Waals surface area contributed by atoms with Crippen molar-refractivity contribution in [3.8, 4) is 11.5 Å². The van der Waals surface area contributed by atoms with E-state index in [0.717, 1.165) is 18.1 Å². The average Bonchev–Trinajstić information content (AvgIpc) is 3.17. The number of anilines is 1. The Morgan fingerprint density at radius 3 is 2.55 bits per heavy atom. The van der Waals surface area contributed by atoms with Crippen molar-refractivity contribution in [2.75, 3.05) is 26.1 Å². The van der Waals surface area contributed by atoms with Crippen LogP contribution in [0.25, 0.3) is 0 Å². The van der Waals surface area contributed by atoms with Gasteiger partial charge in [0.2, 0.25) is 0 Å². The van der Waals surface area contributed by atoms with E-state index in [1.807, 2.05) is 0 Å². The Labute approximate surface area is 165 Å². The predicted octanol–water partition coefficient (Wildman–Crippen LogP) is 5.23. The average molecular weight is 412 g/mol. The van der Waals surface area contributed by atoms with Gasteiger partial charge >= 0.3 is 12.2 Å². The van der Waals surface area contributed by atoms with Crippen molar-refractivity contribution < 1.29 is 31.8 Å². The fraction of sp³-hybridized carbons (Fsp3) is 0.350. The molecule has 0 saturated carbocycles. The van der Waals surface area contributed by atoms with Crippen LogP contribution >= 0.6 is 0 Å². The highest BCUT2D eigenvalue weighted by atomic mass is 19.4. The van der Waals surface area contributed by atoms with E-state index in [1.165, 1.54) is 19.1 Å². The molecule has 1 saturated heterocycles. The first-order chi connectivity index (χ1) is 13.7. The van der Waals surface area contributed by atoms with Crippen LogP contribution in [0.4, 0.5) is 28.0 Å². The smallest absolute Gasteiger partial charge is 0.419 e. The second-order valence-corrected chi connectivity index (χ2v) is 6.58. The molecule has 2 aromatic rings. The van der Waals surface area contributed by atoms with Crippen LogP contribution in [0.1, 0.15) is 30.0 Å². The number of likely N-dealkylation sites (tertiary alicyclic amines) is 1. The fourth-order valence-electron chi connectivity index (χ4n) is 3.44. The Bertz CT molecular complexity index is 902. The Morgan fingerprint density at radius 2 is 1.90 bits per heavy atom. The minimum atomic E-state index is -4.85. The first kappa shape index (κ1) is 20.8. The lowest BCUT2D eigenvalue weighted by Crippen LogP contribution is -2.34. The molecule has 0 aliphatic carbocycles. The molecule has 0 radical (unpaired) electrons. The molecule has 1 aliphatic heterocycles. The number of benzene rings is 2. The fourth-order valence-corrected chi connectivity index (χ4v) is 3.44. The molecule has 1 N–H and O–H groups in total. The third-order valence-electron chi connectivity index (χ3n) is 4.84. The number of urea groups is 1. The number of carbonyl (C=O) groups is 1. The topological polar surface area (TPSA) is 50.8 Å². The lowest BCUT2D eigenvalue weighted by Gasteiger charge is -2.27. The molecule has 1 heterocycles. The SMILES string of the molecule is COc1ccc(C2CCCN2C(=O)Nc2ccc(F)c(C(F)(F)F)c2)c(OC)c1. The van der Waals surface area contributed by atoms with Crippen LogP contribution in [0.5, 0.6) is 11.5 Å². The molecule has 1 fully saturated rings. The van der Waals surface area contributed by atoms with Crippen LogP contribution in [0.3, 0.4) is 0 Å². The number of nitrogens with zero attached hydrogens (tertiary/aromatic N) is 1. The van der Waals surface area contributed by atoms with E-state index in [-0.39, 0.29) is 11.7 Å². The predicted molar refractivity (Wildman–Crippen MR) is 98.6 cm³/mol. The molecule has 1 aliphatic rings. The van der Waals surface area contributed by atoms with E-state index in [0.29, 0.717) is 36.6 Å². The van der Waals surface area contributed by atoms with Crippen LogP contribution in [0.15, 0.2) is 36.4 Å². The van der Waals surface area contributed by atoms with Gasteiger partial charge in [-0.2, -0.15) is 13.2 Å². The summed E-state index contributed by atoms with van der Waals surface area (Å²) in [6.45, 7) is 0.430. The Morgan fingerprint density at radius 1 is 1.14 bits per heavy atom. The highest BCUT2D eigenvalue weighted by Gasteiger charge is 2.35. The first-order valence-electron chi connectivity index (χ1n) is 8.91. The molecule has 29 heavy (non-hydrogen) atoms. The number of amides is 2. The van der Waals surface area contributed by atoms with Gasteiger partial charge in [-0.15, -0.1) is 0 Å². The van der Waals surface area contributed by atoms with Crippen molar-refractivity contribution in [2.24, 2.45) is 0 Å². The summed E-state index contributed by atoms with van der Waals surface area (Å²) in [5, 5.41) is 2.44. The standard InChI is InChI=1S/C20H20F4N2O3/c1-28-13-6-7-14(18(11-13)29-2)17-4-3-9-26(17)19(27)25-12-5-8-16(21)15(10-12)20(22,23)24/h5-8,10-11,17H,3-4,9H2,1-2H3,(H,25,27). The Kier molecular flexibility index (Phi) is 5.86. The number of halogens is 4. The number of hydrogen-bond donors (Lipinski definition) is 1. The molecule has 0 spiro atoms. The summed E-state index contributed by atoms with van der Waals surface area (Å²) in [5.41, 5.74) is -0.780. The van der Waals surface area contributed by atoms with Gasteiger partial charge in [-0.3, -0.25) is 0 Å². The van der Waals surface area contributed by atoms with Crippen LogP contribution in [-0.4, -0.2) is 31.7 Å². The maximum Gasteiger partial charge on any atom is 0.419 e. The van der Waals surface area contributed by atoms with Crippen molar-refractivity contribution in [3.63, 3.8) is 0 Å². The minimum absolute atomic E-state index is 0.129. The number of ether oxygens (including phenoxy) is 2. The molecule has 5 nitrogen and oxygen atoms in total. The molecule has 0 bridgehead atoms. The van der Waals surface area contributed by atoms with Gasteiger partial charge < -0.3 is 19.7 Å². The number of alkyl halides is 3. The summed E-state index contributed by atoms with van der Waals surface area (Å²) in [4.78, 5) is 14.3. The summed E-state index contributed by atoms with van der Waals surface area (Å²) in [7, 11) is 3.04. The summed E-state index contributed by atoms with van der Waals surface area (Å²) in [6, 6.07) is 6.76. The third-order valence-corrected chi connectivity index (χ3v) is 4.84. The second-order valence-electron chi connectivity index (χ2n) is 6.58. The van der Waals surface area contributed by atoms with Crippen LogP contribution in [-0.2, 0) is 6.18 Å². The number of rotatable bonds is 4. The second kappa shape index (κ2) is 8.18. The Balaban J connectivity index is 1.83. The zero-order valence-electron chi connectivity index (χ0n) is 15.8. The molecule has 0 aromatic heterocycles. The van der Waals surface area contributed by atoms with Gasteiger partial charge in [0.25, 0.3) is 0 Å². The van der Waals surface area contributed by atoms with Crippen molar-refractivity contribution in [1.29, 1.82) is 0 Å². The monoisotopic (exact) mass is 412 g/mol. The normalized spacial score (nSPS) is 16.6. The van der Waals surface area contributed by atoms with E-state index in [2.05, 4.69) is 5.32 Å². The lowest BCUT2D eigenvalue weighted by atomic mass is 10.0. The Hall–Kier alpha value is -2.97. The van der Waals surface area contributed by atoms with Crippen molar-refractivity contribution in [3.05, 3.63) is 53.3 Å². The largest absolute Gasteiger partial charge is 0.497 e. The van der Waals surface area contributed by atoms with Crippen molar-refractivity contribution >= 4 is 11.7 Å². The maximum absolute atomic E-state index is 13.5. The molecule has 2 aromatic carbocycles. The van der Waals surface area contributed by atoms with E-state index in [9.17, 15) is 22.4 Å². The summed E-state index contributed by atoms with van der Waals surface area (Å²) in [6.07, 6.45) is -3.45. The number of methoxy groups -OCH3 is 2. The molecule has 3 rings (SSSR count). The highest BCUT2D eigenvalue weighted by molar-refractivity contribution is 5.90.